The van der Waals surface area contributed by atoms with Gasteiger partial charge < -0.3 is 9.73 Å². The summed E-state index contributed by atoms with van der Waals surface area (Å²) in [5.74, 6) is 0.971. The topological polar surface area (TPSA) is 85.3 Å². The number of carbonyl (C=O) groups excluding carboxylic acids is 1. The van der Waals surface area contributed by atoms with Crippen LogP contribution in [-0.2, 0) is 6.42 Å². The fraction of sp³-hybridized carbons (Fsp3) is 0.263. The van der Waals surface area contributed by atoms with Crippen LogP contribution in [0.4, 0.5) is 0 Å². The molecule has 0 unspecified atom stereocenters. The second kappa shape index (κ2) is 6.02. The van der Waals surface area contributed by atoms with Crippen molar-refractivity contribution < 1.29 is 9.21 Å². The van der Waals surface area contributed by atoms with E-state index in [-0.39, 0.29) is 11.9 Å². The highest BCUT2D eigenvalue weighted by molar-refractivity contribution is 7.17. The van der Waals surface area contributed by atoms with Gasteiger partial charge in [0.15, 0.2) is 4.96 Å². The molecule has 1 aromatic carbocycles. The normalized spacial score (nSPS) is 16.0. The highest BCUT2D eigenvalue weighted by Crippen LogP contribution is 2.34. The highest BCUT2D eigenvalue weighted by Gasteiger charge is 2.26. The first-order chi connectivity index (χ1) is 13.1. The van der Waals surface area contributed by atoms with Crippen LogP contribution < -0.4 is 5.32 Å². The first-order valence-corrected chi connectivity index (χ1v) is 9.58. The van der Waals surface area contributed by atoms with Gasteiger partial charge in [-0.15, -0.1) is 21.5 Å². The van der Waals surface area contributed by atoms with Crippen LogP contribution in [-0.4, -0.2) is 25.5 Å². The first-order valence-electron chi connectivity index (χ1n) is 8.76. The summed E-state index contributed by atoms with van der Waals surface area (Å²) in [4.78, 5) is 19.1. The van der Waals surface area contributed by atoms with Crippen LogP contribution in [0.15, 0.2) is 35.0 Å². The largest absolute Gasteiger partial charge is 0.421 e. The summed E-state index contributed by atoms with van der Waals surface area (Å²) >= 11 is 1.57. The van der Waals surface area contributed by atoms with Crippen molar-refractivity contribution in [1.82, 2.24) is 24.9 Å². The molecule has 1 aliphatic rings. The summed E-state index contributed by atoms with van der Waals surface area (Å²) in [6.45, 7) is 3.79. The number of aryl methyl sites for hydroxylation is 3. The highest BCUT2D eigenvalue weighted by atomic mass is 32.1. The lowest BCUT2D eigenvalue weighted by molar-refractivity contribution is 0.0931. The average Bonchev–Trinajstić information content (AvgIpc) is 3.39. The van der Waals surface area contributed by atoms with Crippen molar-refractivity contribution in [2.24, 2.45) is 0 Å². The van der Waals surface area contributed by atoms with Crippen molar-refractivity contribution in [3.05, 3.63) is 58.2 Å². The number of rotatable bonds is 3. The molecule has 0 saturated heterocycles. The lowest BCUT2D eigenvalue weighted by Crippen LogP contribution is -2.28. The van der Waals surface area contributed by atoms with E-state index >= 15 is 0 Å². The summed E-state index contributed by atoms with van der Waals surface area (Å²) in [5.41, 5.74) is 3.83. The zero-order valence-electron chi connectivity index (χ0n) is 14.9. The van der Waals surface area contributed by atoms with E-state index in [1.807, 2.05) is 29.7 Å². The Bertz CT molecular complexity index is 1170. The van der Waals surface area contributed by atoms with Gasteiger partial charge in [-0.25, -0.2) is 4.98 Å². The van der Waals surface area contributed by atoms with Crippen molar-refractivity contribution in [3.8, 4) is 11.5 Å². The van der Waals surface area contributed by atoms with Crippen LogP contribution >= 0.6 is 11.3 Å². The van der Waals surface area contributed by atoms with Gasteiger partial charge in [-0.1, -0.05) is 6.07 Å². The number of nitrogens with zero attached hydrogens (tertiary/aromatic N) is 4. The van der Waals surface area contributed by atoms with E-state index in [1.54, 1.807) is 24.5 Å². The molecule has 27 heavy (non-hydrogen) atoms. The molecule has 8 heteroatoms. The standard InChI is InChI=1S/C19H17N5O2S/c1-10-9-24-16(8-20-19(24)27-10)17(25)21-15-6-4-12-7-13(3-5-14(12)15)18-23-22-11(2)26-18/h3,5,7-9,15H,4,6H2,1-2H3,(H,21,25)/t15-/m1/s1. The van der Waals surface area contributed by atoms with Gasteiger partial charge in [0.2, 0.25) is 11.8 Å². The van der Waals surface area contributed by atoms with Crippen molar-refractivity contribution >= 4 is 22.2 Å². The minimum absolute atomic E-state index is 0.00347. The molecule has 5 rings (SSSR count). The number of nitrogens with one attached hydrogen (secondary N) is 1. The number of hydrogen-bond donors (Lipinski definition) is 1. The number of thiazole rings is 1. The van der Waals surface area contributed by atoms with Crippen LogP contribution in [0.3, 0.4) is 0 Å². The molecule has 0 spiro atoms. The second-order valence-electron chi connectivity index (χ2n) is 6.74. The van der Waals surface area contributed by atoms with Crippen molar-refractivity contribution in [2.75, 3.05) is 0 Å². The monoisotopic (exact) mass is 379 g/mol. The van der Waals surface area contributed by atoms with E-state index < -0.39 is 0 Å². The number of fused-ring (bicyclic) bond motifs is 2. The lowest BCUT2D eigenvalue weighted by Gasteiger charge is -2.14. The molecule has 3 heterocycles. The van der Waals surface area contributed by atoms with Gasteiger partial charge in [-0.05, 0) is 43.0 Å². The van der Waals surface area contributed by atoms with E-state index in [9.17, 15) is 4.79 Å². The maximum Gasteiger partial charge on any atom is 0.270 e. The minimum atomic E-state index is -0.102. The van der Waals surface area contributed by atoms with Gasteiger partial charge in [0.25, 0.3) is 5.91 Å². The third-order valence-electron chi connectivity index (χ3n) is 4.86. The van der Waals surface area contributed by atoms with Crippen molar-refractivity contribution in [1.29, 1.82) is 0 Å². The molecule has 0 bridgehead atoms. The van der Waals surface area contributed by atoms with Crippen LogP contribution in [0.25, 0.3) is 16.4 Å². The summed E-state index contributed by atoms with van der Waals surface area (Å²) in [7, 11) is 0. The molecule has 0 radical (unpaired) electrons. The lowest BCUT2D eigenvalue weighted by atomic mass is 10.0. The van der Waals surface area contributed by atoms with Crippen molar-refractivity contribution in [3.63, 3.8) is 0 Å². The van der Waals surface area contributed by atoms with Gasteiger partial charge in [0, 0.05) is 23.6 Å². The predicted molar refractivity (Wildman–Crippen MR) is 101 cm³/mol. The Labute approximate surface area is 159 Å². The molecule has 3 aromatic heterocycles. The third-order valence-corrected chi connectivity index (χ3v) is 5.77. The van der Waals surface area contributed by atoms with E-state index in [0.29, 0.717) is 17.5 Å². The Morgan fingerprint density at radius 3 is 3.04 bits per heavy atom. The molecule has 0 saturated carbocycles. The number of imidazole rings is 1. The zero-order chi connectivity index (χ0) is 18.5. The zero-order valence-corrected chi connectivity index (χ0v) is 15.7. The van der Waals surface area contributed by atoms with Gasteiger partial charge in [0.1, 0.15) is 5.69 Å². The molecule has 136 valence electrons. The van der Waals surface area contributed by atoms with Crippen LogP contribution in [0.1, 0.15) is 44.8 Å². The summed E-state index contributed by atoms with van der Waals surface area (Å²) in [6.07, 6.45) is 5.36. The summed E-state index contributed by atoms with van der Waals surface area (Å²) < 4.78 is 7.37. The molecule has 7 nitrogen and oxygen atoms in total. The number of hydrogen-bond acceptors (Lipinski definition) is 6. The Morgan fingerprint density at radius 2 is 2.22 bits per heavy atom. The maximum absolute atomic E-state index is 12.8. The van der Waals surface area contributed by atoms with E-state index in [4.69, 9.17) is 4.42 Å². The van der Waals surface area contributed by atoms with Crippen LogP contribution in [0.2, 0.25) is 0 Å². The minimum Gasteiger partial charge on any atom is -0.421 e. The quantitative estimate of drug-likeness (QED) is 0.589. The Balaban J connectivity index is 1.39. The first kappa shape index (κ1) is 16.2. The molecule has 1 aliphatic carbocycles. The average molecular weight is 379 g/mol. The molecule has 1 atom stereocenters. The Morgan fingerprint density at radius 1 is 1.33 bits per heavy atom. The number of amides is 1. The molecular formula is C19H17N5O2S. The van der Waals surface area contributed by atoms with Gasteiger partial charge in [-0.3, -0.25) is 9.20 Å². The van der Waals surface area contributed by atoms with Gasteiger partial charge >= 0.3 is 0 Å². The van der Waals surface area contributed by atoms with E-state index in [0.717, 1.165) is 33.8 Å². The molecule has 1 amide bonds. The second-order valence-corrected chi connectivity index (χ2v) is 7.96. The predicted octanol–water partition coefficient (Wildman–Crippen LogP) is 3.48. The summed E-state index contributed by atoms with van der Waals surface area (Å²) in [6, 6.07) is 6.09. The maximum atomic E-state index is 12.8. The number of aromatic nitrogens is 4. The van der Waals surface area contributed by atoms with Crippen molar-refractivity contribution in [2.45, 2.75) is 32.7 Å². The molecule has 0 fully saturated rings. The molecular weight excluding hydrogens is 362 g/mol. The SMILES string of the molecule is Cc1nnc(-c2ccc3c(c2)CC[C@H]3NC(=O)c2cnc3sc(C)cn23)o1. The molecule has 1 N–H and O–H groups in total. The van der Waals surface area contributed by atoms with E-state index in [2.05, 4.69) is 26.6 Å². The Hall–Kier alpha value is -3.00. The van der Waals surface area contributed by atoms with Crippen LogP contribution in [0.5, 0.6) is 0 Å². The smallest absolute Gasteiger partial charge is 0.270 e. The van der Waals surface area contributed by atoms with E-state index in [1.165, 1.54) is 5.56 Å². The van der Waals surface area contributed by atoms with Gasteiger partial charge in [0.05, 0.1) is 12.2 Å². The number of benzene rings is 1. The summed E-state index contributed by atoms with van der Waals surface area (Å²) in [5, 5.41) is 11.1. The number of carbonyl (C=O) groups is 1. The Kier molecular flexibility index (Phi) is 3.61. The molecule has 4 aromatic rings. The van der Waals surface area contributed by atoms with Crippen LogP contribution in [0, 0.1) is 13.8 Å². The third kappa shape index (κ3) is 2.73. The van der Waals surface area contributed by atoms with Gasteiger partial charge in [-0.2, -0.15) is 0 Å². The fourth-order valence-electron chi connectivity index (χ4n) is 3.61. The fourth-order valence-corrected chi connectivity index (χ4v) is 4.41. The molecule has 0 aliphatic heterocycles.